The lowest BCUT2D eigenvalue weighted by Gasteiger charge is -2.27. The monoisotopic (exact) mass is 564 g/mol. The lowest BCUT2D eigenvalue weighted by molar-refractivity contribution is 0.500. The molecule has 4 rings (SSSR count). The van der Waals surface area contributed by atoms with Crippen LogP contribution in [0, 0.1) is 6.92 Å². The predicted octanol–water partition coefficient (Wildman–Crippen LogP) is 3.95. The Morgan fingerprint density at radius 3 is 2.27 bits per heavy atom. The van der Waals surface area contributed by atoms with Crippen molar-refractivity contribution in [3.8, 4) is 0 Å². The number of guanidine groups is 4. The smallest absolute Gasteiger partial charge is 0.204 e. The molecular weight excluding hydrogens is 524 g/mol. The molecule has 2 aromatic carbocycles. The molecule has 0 amide bonds. The minimum absolute atomic E-state index is 0.0625. The highest BCUT2D eigenvalue weighted by atomic mass is 35.5. The van der Waals surface area contributed by atoms with E-state index in [1.165, 1.54) is 11.1 Å². The van der Waals surface area contributed by atoms with Crippen LogP contribution in [0.25, 0.3) is 0 Å². The number of nitrogens with one attached hydrogen (secondary N) is 6. The van der Waals surface area contributed by atoms with Gasteiger partial charge in [0.2, 0.25) is 11.9 Å². The van der Waals surface area contributed by atoms with Crippen molar-refractivity contribution in [1.82, 2.24) is 26.6 Å². The van der Waals surface area contributed by atoms with Gasteiger partial charge < -0.3 is 21.3 Å². The van der Waals surface area contributed by atoms with Gasteiger partial charge >= 0.3 is 0 Å². The normalized spacial score (nSPS) is 21.1. The maximum atomic E-state index is 5.98. The number of aryl methyl sites for hydroxylation is 1. The van der Waals surface area contributed by atoms with Crippen molar-refractivity contribution in [3.05, 3.63) is 64.7 Å². The van der Waals surface area contributed by atoms with Gasteiger partial charge in [0, 0.05) is 29.3 Å². The maximum absolute atomic E-state index is 5.98. The quantitative estimate of drug-likeness (QED) is 0.274. The first-order chi connectivity index (χ1) is 19.2. The summed E-state index contributed by atoms with van der Waals surface area (Å²) in [5.74, 6) is 2.88. The third-order valence-corrected chi connectivity index (χ3v) is 6.69. The van der Waals surface area contributed by atoms with Crippen LogP contribution < -0.4 is 31.9 Å². The van der Waals surface area contributed by atoms with Crippen molar-refractivity contribution in [2.24, 2.45) is 20.0 Å². The molecule has 0 fully saturated rings. The van der Waals surface area contributed by atoms with Crippen molar-refractivity contribution in [2.75, 3.05) is 11.9 Å². The van der Waals surface area contributed by atoms with E-state index in [1.54, 1.807) is 0 Å². The molecule has 2 aliphatic rings. The molecule has 40 heavy (non-hydrogen) atoms. The first-order valence-corrected chi connectivity index (χ1v) is 14.3. The van der Waals surface area contributed by atoms with Crippen LogP contribution in [0.2, 0.25) is 5.02 Å². The number of nitrogens with zero attached hydrogens (tertiary/aromatic N) is 4. The summed E-state index contributed by atoms with van der Waals surface area (Å²) in [5.41, 5.74) is 3.39. The van der Waals surface area contributed by atoms with E-state index in [0.717, 1.165) is 47.9 Å². The Hall–Kier alpha value is -3.79. The summed E-state index contributed by atoms with van der Waals surface area (Å²) in [5, 5.41) is 20.9. The maximum Gasteiger partial charge on any atom is 0.204 e. The number of halogens is 1. The van der Waals surface area contributed by atoms with Crippen molar-refractivity contribution < 1.29 is 0 Å². The lowest BCUT2D eigenvalue weighted by atomic mass is 10.1. The van der Waals surface area contributed by atoms with Gasteiger partial charge in [0.25, 0.3) is 0 Å². The van der Waals surface area contributed by atoms with Gasteiger partial charge in [-0.1, -0.05) is 35.9 Å². The van der Waals surface area contributed by atoms with Crippen LogP contribution in [0.15, 0.2) is 68.5 Å². The van der Waals surface area contributed by atoms with E-state index in [2.05, 4.69) is 84.8 Å². The second-order valence-electron chi connectivity index (χ2n) is 10.4. The van der Waals surface area contributed by atoms with Gasteiger partial charge in [0.1, 0.15) is 12.3 Å². The van der Waals surface area contributed by atoms with Crippen LogP contribution in [-0.4, -0.2) is 54.8 Å². The molecule has 10 nitrogen and oxygen atoms in total. The highest BCUT2D eigenvalue weighted by molar-refractivity contribution is 6.30. The van der Waals surface area contributed by atoms with E-state index in [9.17, 15) is 0 Å². The fourth-order valence-corrected chi connectivity index (χ4v) is 4.52. The molecule has 6 N–H and O–H groups in total. The van der Waals surface area contributed by atoms with Crippen LogP contribution in [0.1, 0.15) is 51.7 Å². The van der Waals surface area contributed by atoms with Crippen LogP contribution >= 0.6 is 11.6 Å². The fraction of sp³-hybridized carbons (Fsp3) is 0.448. The molecule has 4 atom stereocenters. The SMILES string of the molecule is Cc1cccc(NC2=NC(C)N=C(NC(C)CCC(C)NC3=NC(C)NC(=NCCc4ccc(Cl)cc4)N3)N2)c1. The minimum Gasteiger partial charge on any atom is -0.354 e. The Balaban J connectivity index is 1.20. The van der Waals surface area contributed by atoms with E-state index in [0.29, 0.717) is 12.5 Å². The zero-order valence-electron chi connectivity index (χ0n) is 23.9. The molecule has 0 aromatic heterocycles. The summed E-state index contributed by atoms with van der Waals surface area (Å²) in [6.07, 6.45) is 2.51. The van der Waals surface area contributed by atoms with Gasteiger partial charge in [0.15, 0.2) is 11.9 Å². The second kappa shape index (κ2) is 14.0. The summed E-state index contributed by atoms with van der Waals surface area (Å²) >= 11 is 5.98. The largest absolute Gasteiger partial charge is 0.354 e. The number of rotatable bonds is 9. The predicted molar refractivity (Wildman–Crippen MR) is 167 cm³/mol. The molecule has 4 unspecified atom stereocenters. The third kappa shape index (κ3) is 9.44. The fourth-order valence-electron chi connectivity index (χ4n) is 4.40. The molecule has 0 saturated carbocycles. The molecule has 11 heteroatoms. The van der Waals surface area contributed by atoms with Crippen molar-refractivity contribution in [3.63, 3.8) is 0 Å². The van der Waals surface area contributed by atoms with Gasteiger partial charge in [0.05, 0.1) is 0 Å². The van der Waals surface area contributed by atoms with Gasteiger partial charge in [-0.05, 0) is 89.3 Å². The summed E-state index contributed by atoms with van der Waals surface area (Å²) in [4.78, 5) is 18.5. The summed E-state index contributed by atoms with van der Waals surface area (Å²) < 4.78 is 0. The highest BCUT2D eigenvalue weighted by Gasteiger charge is 2.18. The van der Waals surface area contributed by atoms with Gasteiger partial charge in [-0.25, -0.2) is 15.0 Å². The third-order valence-electron chi connectivity index (χ3n) is 6.44. The van der Waals surface area contributed by atoms with Crippen molar-refractivity contribution in [2.45, 2.75) is 78.3 Å². The van der Waals surface area contributed by atoms with Gasteiger partial charge in [-0.2, -0.15) is 0 Å². The zero-order valence-corrected chi connectivity index (χ0v) is 24.7. The number of anilines is 1. The Morgan fingerprint density at radius 1 is 0.900 bits per heavy atom. The van der Waals surface area contributed by atoms with Crippen LogP contribution in [-0.2, 0) is 6.42 Å². The molecule has 0 radical (unpaired) electrons. The van der Waals surface area contributed by atoms with Crippen LogP contribution in [0.4, 0.5) is 5.69 Å². The van der Waals surface area contributed by atoms with E-state index in [1.807, 2.05) is 50.2 Å². The van der Waals surface area contributed by atoms with Gasteiger partial charge in [-0.15, -0.1) is 0 Å². The summed E-state index contributed by atoms with van der Waals surface area (Å²) in [7, 11) is 0. The zero-order chi connectivity index (χ0) is 28.5. The first kappa shape index (κ1) is 29.2. The number of hydrogen-bond acceptors (Lipinski definition) is 8. The Bertz CT molecular complexity index is 1250. The van der Waals surface area contributed by atoms with E-state index in [-0.39, 0.29) is 24.4 Å². The highest BCUT2D eigenvalue weighted by Crippen LogP contribution is 2.12. The van der Waals surface area contributed by atoms with Crippen LogP contribution in [0.3, 0.4) is 0 Å². The molecule has 0 spiro atoms. The average Bonchev–Trinajstić information content (AvgIpc) is 2.88. The van der Waals surface area contributed by atoms with E-state index >= 15 is 0 Å². The second-order valence-corrected chi connectivity index (χ2v) is 10.8. The molecular formula is C29H41ClN10. The average molecular weight is 565 g/mol. The standard InChI is InChI=1S/C29H41ClN10/c1-18-7-6-8-25(17-18)38-29-37-22(5)36-28(40-29)33-20(3)10-9-19(2)32-27-35-21(4)34-26(39-27)31-16-15-23-11-13-24(30)14-12-23/h6-8,11-14,17,19-22H,9-10,15-16H2,1-5H3,(H3,31,32,34,35,39)(H3,33,36,37,38,40). The molecule has 2 aliphatic heterocycles. The molecule has 214 valence electrons. The molecule has 0 bridgehead atoms. The first-order valence-electron chi connectivity index (χ1n) is 13.9. The summed E-state index contributed by atoms with van der Waals surface area (Å²) in [6.45, 7) is 11.0. The molecule has 2 aromatic rings. The summed E-state index contributed by atoms with van der Waals surface area (Å²) in [6, 6.07) is 16.5. The van der Waals surface area contributed by atoms with Crippen molar-refractivity contribution >= 4 is 41.1 Å². The van der Waals surface area contributed by atoms with Crippen molar-refractivity contribution in [1.29, 1.82) is 0 Å². The topological polar surface area (TPSA) is 122 Å². The van der Waals surface area contributed by atoms with E-state index in [4.69, 9.17) is 11.6 Å². The Morgan fingerprint density at radius 2 is 1.57 bits per heavy atom. The number of aliphatic imine (C=N–C) groups is 4. The lowest BCUT2D eigenvalue weighted by Crippen LogP contribution is -2.56. The molecule has 0 aliphatic carbocycles. The van der Waals surface area contributed by atoms with Crippen LogP contribution in [0.5, 0.6) is 0 Å². The Labute approximate surface area is 242 Å². The number of benzene rings is 2. The number of hydrogen-bond donors (Lipinski definition) is 6. The Kier molecular flexibility index (Phi) is 10.2. The molecule has 2 heterocycles. The molecule has 0 saturated heterocycles. The minimum atomic E-state index is -0.170. The van der Waals surface area contributed by atoms with Gasteiger partial charge in [-0.3, -0.25) is 15.6 Å². The van der Waals surface area contributed by atoms with E-state index < -0.39 is 0 Å².